The largest absolute Gasteiger partial charge is 0.748 e. The van der Waals surface area contributed by atoms with Crippen molar-refractivity contribution in [3.63, 3.8) is 0 Å². The molecule has 0 aliphatic heterocycles. The Balaban J connectivity index is 0.000000412. The van der Waals surface area contributed by atoms with Gasteiger partial charge in [0.15, 0.2) is 17.2 Å². The minimum absolute atomic E-state index is 0. The van der Waals surface area contributed by atoms with Gasteiger partial charge in [-0.05, 0) is 6.07 Å². The fraction of sp³-hybridized carbons (Fsp3) is 0. The number of carbonyl (C=O) groups is 1. The van der Waals surface area contributed by atoms with Gasteiger partial charge in [-0.1, -0.05) is 17.2 Å². The number of phenolic OH excluding ortho intramolecular Hbond substituents is 3. The minimum Gasteiger partial charge on any atom is -0.748 e. The van der Waals surface area contributed by atoms with Crippen molar-refractivity contribution in [2.45, 2.75) is 0 Å². The van der Waals surface area contributed by atoms with Crippen molar-refractivity contribution in [2.24, 2.45) is 0 Å². The summed E-state index contributed by atoms with van der Waals surface area (Å²) in [6, 6.07) is 19.3. The second-order valence-electron chi connectivity index (χ2n) is 4.77. The van der Waals surface area contributed by atoms with Gasteiger partial charge in [-0.2, -0.15) is 18.7 Å². The number of phenols is 3. The first-order chi connectivity index (χ1) is 11.0. The number of allylic oxidation sites excluding steroid dienone is 1. The van der Waals surface area contributed by atoms with E-state index in [1.54, 1.807) is 24.3 Å². The summed E-state index contributed by atoms with van der Waals surface area (Å²) in [5.41, 5.74) is 0.754. The Morgan fingerprint density at radius 3 is 1.92 bits per heavy atom. The average Bonchev–Trinajstić information content (AvgIpc) is 3.26. The van der Waals surface area contributed by atoms with Gasteiger partial charge in [-0.3, -0.25) is 0 Å². The molecule has 0 fully saturated rings. The van der Waals surface area contributed by atoms with Gasteiger partial charge in [0, 0.05) is 22.6 Å². The van der Waals surface area contributed by atoms with E-state index < -0.39 is 23.0 Å². The molecule has 0 aliphatic carbocycles. The maximum atomic E-state index is 12.1. The van der Waals surface area contributed by atoms with Gasteiger partial charge in [-0.25, -0.2) is 0 Å². The standard InChI is InChI=1S/C14H11O4.C5H5.Fe/c1-8(9-4-2-3-5-9)12(16)10-6-7-11(15)14(18)13(10)17;1-2-4-5-3-1;/h2-7,15,17-18H,1H2;1-5H;/q-1;-5;. The first kappa shape index (κ1) is 19.3. The molecule has 0 aliphatic rings. The van der Waals surface area contributed by atoms with Gasteiger partial charge >= 0.3 is 0 Å². The first-order valence-electron chi connectivity index (χ1n) is 6.88. The second kappa shape index (κ2) is 8.77. The van der Waals surface area contributed by atoms with Crippen molar-refractivity contribution in [3.05, 3.63) is 84.4 Å². The zero-order valence-corrected chi connectivity index (χ0v) is 13.8. The summed E-state index contributed by atoms with van der Waals surface area (Å²) in [4.78, 5) is 12.1. The van der Waals surface area contributed by atoms with Crippen LogP contribution in [0.5, 0.6) is 17.2 Å². The van der Waals surface area contributed by atoms with E-state index in [9.17, 15) is 20.1 Å². The summed E-state index contributed by atoms with van der Waals surface area (Å²) in [6.07, 6.45) is 0. The minimum atomic E-state index is -0.712. The fourth-order valence-electron chi connectivity index (χ4n) is 1.94. The van der Waals surface area contributed by atoms with Crippen molar-refractivity contribution in [1.29, 1.82) is 0 Å². The first-order valence-corrected chi connectivity index (χ1v) is 6.88. The molecule has 3 aromatic rings. The molecule has 0 saturated carbocycles. The summed E-state index contributed by atoms with van der Waals surface area (Å²) >= 11 is 0. The Kier molecular flexibility index (Phi) is 7.05. The molecule has 0 bridgehead atoms. The molecule has 130 valence electrons. The topological polar surface area (TPSA) is 77.8 Å². The number of aromatic hydroxyl groups is 3. The van der Waals surface area contributed by atoms with E-state index in [-0.39, 0.29) is 28.2 Å². The third-order valence-electron chi connectivity index (χ3n) is 3.22. The molecule has 0 heterocycles. The van der Waals surface area contributed by atoms with Crippen molar-refractivity contribution in [3.8, 4) is 17.2 Å². The Bertz CT molecular complexity index is 770. The quantitative estimate of drug-likeness (QED) is 0.217. The molecule has 3 aromatic carbocycles. The van der Waals surface area contributed by atoms with Gasteiger partial charge in [0.05, 0.1) is 0 Å². The van der Waals surface area contributed by atoms with Crippen molar-refractivity contribution in [1.82, 2.24) is 0 Å². The number of Topliss-reactive ketones (excluding diaryl/α,β-unsaturated/α-hetero) is 1. The van der Waals surface area contributed by atoms with E-state index in [0.717, 1.165) is 6.07 Å². The maximum Gasteiger partial charge on any atom is 0.200 e. The van der Waals surface area contributed by atoms with Crippen LogP contribution in [0, 0.1) is 0 Å². The number of hydrogen-bond acceptors (Lipinski definition) is 4. The van der Waals surface area contributed by atoms with Crippen LogP contribution in [-0.2, 0) is 17.1 Å². The average molecular weight is 364 g/mol. The molecule has 3 N–H and O–H groups in total. The smallest absolute Gasteiger partial charge is 0.200 e. The third kappa shape index (κ3) is 4.38. The van der Waals surface area contributed by atoms with Gasteiger partial charge in [0.25, 0.3) is 0 Å². The molecule has 0 saturated heterocycles. The molecular formula is C19H16FeO4-6. The van der Waals surface area contributed by atoms with Crippen LogP contribution in [0.25, 0.3) is 5.57 Å². The number of hydrogen-bond donors (Lipinski definition) is 3. The van der Waals surface area contributed by atoms with Gasteiger partial charge in [0.2, 0.25) is 0 Å². The zero-order valence-electron chi connectivity index (χ0n) is 12.7. The molecule has 3 rings (SSSR count). The Labute approximate surface area is 150 Å². The van der Waals surface area contributed by atoms with Crippen molar-refractivity contribution in [2.75, 3.05) is 0 Å². The normalized spacial score (nSPS) is 9.33. The predicted molar refractivity (Wildman–Crippen MR) is 88.9 cm³/mol. The predicted octanol–water partition coefficient (Wildman–Crippen LogP) is 3.82. The molecule has 4 nitrogen and oxygen atoms in total. The molecule has 0 unspecified atom stereocenters. The molecule has 0 radical (unpaired) electrons. The molecular weight excluding hydrogens is 348 g/mol. The summed E-state index contributed by atoms with van der Waals surface area (Å²) in [7, 11) is 0. The monoisotopic (exact) mass is 364 g/mol. The Morgan fingerprint density at radius 2 is 1.42 bits per heavy atom. The zero-order chi connectivity index (χ0) is 16.8. The van der Waals surface area contributed by atoms with E-state index in [2.05, 4.69) is 6.58 Å². The Hall–Kier alpha value is -2.75. The molecule has 0 atom stereocenters. The number of ketones is 1. The van der Waals surface area contributed by atoms with Crippen LogP contribution in [-0.4, -0.2) is 21.1 Å². The number of benzene rings is 1. The molecule has 5 heteroatoms. The summed E-state index contributed by atoms with van der Waals surface area (Å²) in [5.74, 6) is -2.35. The third-order valence-corrected chi connectivity index (χ3v) is 3.22. The van der Waals surface area contributed by atoms with Crippen LogP contribution >= 0.6 is 0 Å². The Morgan fingerprint density at radius 1 is 0.917 bits per heavy atom. The summed E-state index contributed by atoms with van der Waals surface area (Å²) in [6.45, 7) is 3.66. The van der Waals surface area contributed by atoms with E-state index in [1.165, 1.54) is 6.07 Å². The van der Waals surface area contributed by atoms with Crippen LogP contribution in [0.4, 0.5) is 0 Å². The van der Waals surface area contributed by atoms with E-state index in [4.69, 9.17) is 0 Å². The van der Waals surface area contributed by atoms with E-state index in [0.29, 0.717) is 5.56 Å². The van der Waals surface area contributed by atoms with Crippen LogP contribution < -0.4 is 0 Å². The van der Waals surface area contributed by atoms with Crippen LogP contribution in [0.2, 0.25) is 0 Å². The van der Waals surface area contributed by atoms with Crippen LogP contribution in [0.15, 0.2) is 73.3 Å². The number of rotatable bonds is 3. The summed E-state index contributed by atoms with van der Waals surface area (Å²) in [5, 5.41) is 28.2. The SMILES string of the molecule is C=C(C(=O)c1ccc(O)c(O)c1O)[c-]1cccc1.[Fe].[cH-]1[cH-][cH-][cH-][cH-]1. The van der Waals surface area contributed by atoms with Crippen molar-refractivity contribution >= 4 is 11.4 Å². The number of carbonyl (C=O) groups excluding carboxylic acids is 1. The van der Waals surface area contributed by atoms with Gasteiger partial charge in [-0.15, -0.1) is 12.1 Å². The van der Waals surface area contributed by atoms with Gasteiger partial charge in [0.1, 0.15) is 5.78 Å². The van der Waals surface area contributed by atoms with Crippen molar-refractivity contribution < 1.29 is 37.2 Å². The molecule has 0 aromatic heterocycles. The molecule has 24 heavy (non-hydrogen) atoms. The van der Waals surface area contributed by atoms with Crippen LogP contribution in [0.1, 0.15) is 15.9 Å². The van der Waals surface area contributed by atoms with E-state index in [1.807, 2.05) is 30.3 Å². The second-order valence-corrected chi connectivity index (χ2v) is 4.77. The summed E-state index contributed by atoms with van der Waals surface area (Å²) < 4.78 is 0. The molecule has 0 amide bonds. The molecule has 0 spiro atoms. The fourth-order valence-corrected chi connectivity index (χ4v) is 1.94. The maximum absolute atomic E-state index is 12.1. The van der Waals surface area contributed by atoms with Gasteiger partial charge < -0.3 is 50.4 Å². The van der Waals surface area contributed by atoms with Crippen LogP contribution in [0.3, 0.4) is 0 Å². The van der Waals surface area contributed by atoms with E-state index >= 15 is 0 Å².